The summed E-state index contributed by atoms with van der Waals surface area (Å²) in [5.41, 5.74) is 3.00. The lowest BCUT2D eigenvalue weighted by Gasteiger charge is -2.19. The summed E-state index contributed by atoms with van der Waals surface area (Å²) >= 11 is 0. The number of hydrogen-bond donors (Lipinski definition) is 0. The average molecular weight is 272 g/mol. The van der Waals surface area contributed by atoms with E-state index in [0.717, 1.165) is 11.3 Å². The fourth-order valence-electron chi connectivity index (χ4n) is 1.92. The van der Waals surface area contributed by atoms with E-state index in [1.54, 1.807) is 17.3 Å². The first-order chi connectivity index (χ1) is 9.65. The fraction of sp³-hybridized carbons (Fsp3) is 0.267. The van der Waals surface area contributed by atoms with Crippen LogP contribution >= 0.6 is 0 Å². The molecule has 0 bridgehead atoms. The number of hydrazone groups is 1. The number of nitrogens with zero attached hydrogens (tertiary/aromatic N) is 4. The van der Waals surface area contributed by atoms with Gasteiger partial charge in [0.15, 0.2) is 0 Å². The molecule has 0 aliphatic heterocycles. The minimum absolute atomic E-state index is 0.359. The lowest BCUT2D eigenvalue weighted by Crippen LogP contribution is -2.15. The SMILES string of the molecule is CC=NN(c1nc(C)cc(CF)n1)c1ccccc1C. The monoisotopic (exact) mass is 272 g/mol. The number of para-hydroxylation sites is 1. The molecule has 2 aromatic rings. The van der Waals surface area contributed by atoms with Gasteiger partial charge in [-0.05, 0) is 38.5 Å². The smallest absolute Gasteiger partial charge is 0.244 e. The number of aromatic nitrogens is 2. The van der Waals surface area contributed by atoms with Crippen LogP contribution in [0.5, 0.6) is 0 Å². The molecule has 0 saturated carbocycles. The normalized spacial score (nSPS) is 11.0. The number of halogens is 1. The summed E-state index contributed by atoms with van der Waals surface area (Å²) in [5.74, 6) is 0.380. The van der Waals surface area contributed by atoms with Crippen molar-refractivity contribution in [2.45, 2.75) is 27.4 Å². The summed E-state index contributed by atoms with van der Waals surface area (Å²) in [6.07, 6.45) is 1.66. The molecule has 0 saturated heterocycles. The van der Waals surface area contributed by atoms with Crippen molar-refractivity contribution in [3.05, 3.63) is 47.3 Å². The van der Waals surface area contributed by atoms with Gasteiger partial charge in [-0.25, -0.2) is 14.4 Å². The highest BCUT2D eigenvalue weighted by atomic mass is 19.1. The van der Waals surface area contributed by atoms with E-state index in [9.17, 15) is 4.39 Å². The topological polar surface area (TPSA) is 41.4 Å². The Hall–Kier alpha value is -2.30. The third-order valence-corrected chi connectivity index (χ3v) is 2.80. The van der Waals surface area contributed by atoms with Gasteiger partial charge in [0.2, 0.25) is 0 Å². The molecule has 1 aromatic heterocycles. The lowest BCUT2D eigenvalue weighted by atomic mass is 10.2. The van der Waals surface area contributed by atoms with Crippen LogP contribution in [0, 0.1) is 13.8 Å². The zero-order valence-electron chi connectivity index (χ0n) is 11.8. The van der Waals surface area contributed by atoms with E-state index in [-0.39, 0.29) is 0 Å². The first-order valence-corrected chi connectivity index (χ1v) is 6.40. The molecule has 20 heavy (non-hydrogen) atoms. The van der Waals surface area contributed by atoms with E-state index in [2.05, 4.69) is 15.1 Å². The molecule has 104 valence electrons. The Kier molecular flexibility index (Phi) is 4.40. The van der Waals surface area contributed by atoms with Gasteiger partial charge >= 0.3 is 0 Å². The van der Waals surface area contributed by atoms with Gasteiger partial charge < -0.3 is 0 Å². The molecule has 0 atom stereocenters. The molecule has 0 spiro atoms. The Bertz CT molecular complexity index is 625. The zero-order chi connectivity index (χ0) is 14.5. The maximum Gasteiger partial charge on any atom is 0.251 e. The van der Waals surface area contributed by atoms with Crippen LogP contribution < -0.4 is 5.01 Å². The summed E-state index contributed by atoms with van der Waals surface area (Å²) in [6.45, 7) is 5.00. The van der Waals surface area contributed by atoms with Gasteiger partial charge in [-0.15, -0.1) is 0 Å². The summed E-state index contributed by atoms with van der Waals surface area (Å²) in [7, 11) is 0. The van der Waals surface area contributed by atoms with Gasteiger partial charge in [-0.3, -0.25) is 0 Å². The molecular formula is C15H17FN4. The Balaban J connectivity index is 2.54. The molecule has 0 aliphatic carbocycles. The molecule has 2 rings (SSSR count). The second kappa shape index (κ2) is 6.23. The lowest BCUT2D eigenvalue weighted by molar-refractivity contribution is 0.475. The van der Waals surface area contributed by atoms with Crippen molar-refractivity contribution in [1.82, 2.24) is 9.97 Å². The number of anilines is 2. The van der Waals surface area contributed by atoms with Crippen LogP contribution in [0.1, 0.15) is 23.9 Å². The molecule has 4 nitrogen and oxygen atoms in total. The van der Waals surface area contributed by atoms with Crippen molar-refractivity contribution in [1.29, 1.82) is 0 Å². The van der Waals surface area contributed by atoms with Crippen molar-refractivity contribution >= 4 is 17.9 Å². The van der Waals surface area contributed by atoms with Crippen LogP contribution in [0.25, 0.3) is 0 Å². The standard InChI is InChI=1S/C15H17FN4/c1-4-17-20(14-8-6-5-7-11(14)2)15-18-12(3)9-13(10-16)19-15/h4-9H,10H2,1-3H3. The highest BCUT2D eigenvalue weighted by Gasteiger charge is 2.14. The maximum atomic E-state index is 12.9. The summed E-state index contributed by atoms with van der Waals surface area (Å²) < 4.78 is 12.9. The number of benzene rings is 1. The molecule has 5 heteroatoms. The van der Waals surface area contributed by atoms with Crippen molar-refractivity contribution in [3.63, 3.8) is 0 Å². The Morgan fingerprint density at radius 2 is 2.00 bits per heavy atom. The summed E-state index contributed by atoms with van der Waals surface area (Å²) in [6, 6.07) is 9.43. The van der Waals surface area contributed by atoms with Crippen molar-refractivity contribution in [2.75, 3.05) is 5.01 Å². The molecule has 0 unspecified atom stereocenters. The van der Waals surface area contributed by atoms with E-state index in [1.165, 1.54) is 0 Å². The predicted molar refractivity (Wildman–Crippen MR) is 79.1 cm³/mol. The van der Waals surface area contributed by atoms with Crippen molar-refractivity contribution in [2.24, 2.45) is 5.10 Å². The van der Waals surface area contributed by atoms with Gasteiger partial charge in [0.25, 0.3) is 5.95 Å². The van der Waals surface area contributed by atoms with Crippen LogP contribution in [-0.4, -0.2) is 16.2 Å². The van der Waals surface area contributed by atoms with E-state index in [0.29, 0.717) is 17.3 Å². The minimum atomic E-state index is -0.617. The summed E-state index contributed by atoms with van der Waals surface area (Å²) in [5, 5.41) is 5.93. The van der Waals surface area contributed by atoms with Crippen molar-refractivity contribution in [3.8, 4) is 0 Å². The highest BCUT2D eigenvalue weighted by Crippen LogP contribution is 2.26. The zero-order valence-corrected chi connectivity index (χ0v) is 11.8. The van der Waals surface area contributed by atoms with Crippen molar-refractivity contribution < 1.29 is 4.39 Å². The minimum Gasteiger partial charge on any atom is -0.244 e. The average Bonchev–Trinajstić information content (AvgIpc) is 2.45. The van der Waals surface area contributed by atoms with Crippen LogP contribution in [0.4, 0.5) is 16.0 Å². The van der Waals surface area contributed by atoms with Crippen LogP contribution in [0.2, 0.25) is 0 Å². The molecule has 0 radical (unpaired) electrons. The Morgan fingerprint density at radius 1 is 1.25 bits per heavy atom. The largest absolute Gasteiger partial charge is 0.251 e. The fourth-order valence-corrected chi connectivity index (χ4v) is 1.92. The molecule has 0 aliphatic rings. The number of alkyl halides is 1. The quantitative estimate of drug-likeness (QED) is 0.629. The van der Waals surface area contributed by atoms with Gasteiger partial charge in [-0.1, -0.05) is 18.2 Å². The van der Waals surface area contributed by atoms with Gasteiger partial charge in [-0.2, -0.15) is 10.1 Å². The van der Waals surface area contributed by atoms with Crippen LogP contribution in [0.15, 0.2) is 35.4 Å². The highest BCUT2D eigenvalue weighted by molar-refractivity contribution is 5.65. The van der Waals surface area contributed by atoms with Gasteiger partial charge in [0, 0.05) is 11.9 Å². The van der Waals surface area contributed by atoms with E-state index < -0.39 is 6.67 Å². The van der Waals surface area contributed by atoms with E-state index in [1.807, 2.05) is 45.0 Å². The van der Waals surface area contributed by atoms with E-state index in [4.69, 9.17) is 0 Å². The second-order valence-electron chi connectivity index (χ2n) is 4.41. The van der Waals surface area contributed by atoms with Gasteiger partial charge in [0.1, 0.15) is 6.67 Å². The second-order valence-corrected chi connectivity index (χ2v) is 4.41. The third-order valence-electron chi connectivity index (χ3n) is 2.80. The number of hydrogen-bond acceptors (Lipinski definition) is 4. The molecule has 0 fully saturated rings. The third kappa shape index (κ3) is 2.99. The Morgan fingerprint density at radius 3 is 2.65 bits per heavy atom. The Labute approximate surface area is 118 Å². The first kappa shape index (κ1) is 14.1. The molecule has 0 N–H and O–H groups in total. The van der Waals surface area contributed by atoms with Crippen LogP contribution in [-0.2, 0) is 6.67 Å². The summed E-state index contributed by atoms with van der Waals surface area (Å²) in [4.78, 5) is 8.57. The van der Waals surface area contributed by atoms with E-state index >= 15 is 0 Å². The molecule has 0 amide bonds. The van der Waals surface area contributed by atoms with Gasteiger partial charge in [0.05, 0.1) is 11.4 Å². The number of rotatable bonds is 4. The molecule has 1 aromatic carbocycles. The predicted octanol–water partition coefficient (Wildman–Crippen LogP) is 3.71. The molecular weight excluding hydrogens is 255 g/mol. The van der Waals surface area contributed by atoms with Crippen LogP contribution in [0.3, 0.4) is 0 Å². The number of aryl methyl sites for hydroxylation is 2. The molecule has 1 heterocycles. The first-order valence-electron chi connectivity index (χ1n) is 6.40. The maximum absolute atomic E-state index is 12.9.